The average Bonchev–Trinajstić information content (AvgIpc) is 2.77. The normalized spacial score (nSPS) is 10.8. The van der Waals surface area contributed by atoms with Crippen molar-refractivity contribution in [2.75, 3.05) is 13.2 Å². The Hall–Kier alpha value is -1.99. The van der Waals surface area contributed by atoms with Crippen LogP contribution in [0.5, 0.6) is 0 Å². The van der Waals surface area contributed by atoms with Crippen LogP contribution in [0.1, 0.15) is 28.0 Å². The maximum atomic E-state index is 12.2. The molecule has 0 saturated heterocycles. The molecule has 0 amide bonds. The summed E-state index contributed by atoms with van der Waals surface area (Å²) in [7, 11) is 0. The van der Waals surface area contributed by atoms with Gasteiger partial charge in [0.25, 0.3) is 5.56 Å². The summed E-state index contributed by atoms with van der Waals surface area (Å²) >= 11 is 1.19. The Balaban J connectivity index is 2.42. The molecule has 0 bridgehead atoms. The highest BCUT2D eigenvalue weighted by Gasteiger charge is 2.19. The number of aromatic nitrogens is 2. The maximum Gasteiger partial charge on any atom is 0.348 e. The molecule has 0 spiro atoms. The lowest BCUT2D eigenvalue weighted by Crippen LogP contribution is -2.19. The van der Waals surface area contributed by atoms with E-state index in [-0.39, 0.29) is 5.56 Å². The number of aromatic amines is 1. The van der Waals surface area contributed by atoms with Crippen LogP contribution in [-0.4, -0.2) is 29.1 Å². The predicted octanol–water partition coefficient (Wildman–Crippen LogP) is 1.75. The van der Waals surface area contributed by atoms with Crippen LogP contribution < -0.4 is 10.9 Å². The van der Waals surface area contributed by atoms with Crippen molar-refractivity contribution in [3.63, 3.8) is 0 Å². The summed E-state index contributed by atoms with van der Waals surface area (Å²) in [6.45, 7) is 8.44. The first-order chi connectivity index (χ1) is 10.1. The molecule has 0 aromatic carbocycles. The fraction of sp³-hybridized carbons (Fsp3) is 0.357. The van der Waals surface area contributed by atoms with Gasteiger partial charge in [0, 0.05) is 6.54 Å². The lowest BCUT2D eigenvalue weighted by atomic mass is 10.2. The molecule has 21 heavy (non-hydrogen) atoms. The van der Waals surface area contributed by atoms with E-state index in [1.54, 1.807) is 19.9 Å². The number of hydrogen-bond acceptors (Lipinski definition) is 6. The van der Waals surface area contributed by atoms with Gasteiger partial charge in [0.15, 0.2) is 0 Å². The van der Waals surface area contributed by atoms with E-state index < -0.39 is 5.97 Å². The number of carbonyl (C=O) groups excluding carboxylic acids is 1. The van der Waals surface area contributed by atoms with Crippen molar-refractivity contribution in [2.24, 2.45) is 0 Å². The first-order valence-electron chi connectivity index (χ1n) is 6.59. The molecule has 0 saturated carbocycles. The Morgan fingerprint density at radius 1 is 1.57 bits per heavy atom. The van der Waals surface area contributed by atoms with E-state index in [1.807, 2.05) is 0 Å². The van der Waals surface area contributed by atoms with E-state index in [2.05, 4.69) is 21.9 Å². The standard InChI is InChI=1S/C14H17N3O3S/c1-4-6-15-7-9-16-12(18)10-8(3)11(14(19)20-5-2)21-13(10)17-9/h4,15H,1,5-7H2,2-3H3,(H,16,17,18). The largest absolute Gasteiger partial charge is 0.462 e. The summed E-state index contributed by atoms with van der Waals surface area (Å²) in [6.07, 6.45) is 1.73. The Morgan fingerprint density at radius 2 is 2.33 bits per heavy atom. The minimum absolute atomic E-state index is 0.236. The highest BCUT2D eigenvalue weighted by molar-refractivity contribution is 7.20. The summed E-state index contributed by atoms with van der Waals surface area (Å²) in [6, 6.07) is 0. The number of aryl methyl sites for hydroxylation is 1. The molecule has 0 fully saturated rings. The monoisotopic (exact) mass is 307 g/mol. The van der Waals surface area contributed by atoms with Crippen LogP contribution in [0.25, 0.3) is 10.2 Å². The van der Waals surface area contributed by atoms with Crippen LogP contribution in [0, 0.1) is 6.92 Å². The zero-order valence-corrected chi connectivity index (χ0v) is 12.8. The first kappa shape index (κ1) is 15.4. The molecule has 0 atom stereocenters. The first-order valence-corrected chi connectivity index (χ1v) is 7.41. The molecular formula is C14H17N3O3S. The molecule has 2 N–H and O–H groups in total. The fourth-order valence-corrected chi connectivity index (χ4v) is 3.05. The van der Waals surface area contributed by atoms with Crippen molar-refractivity contribution in [2.45, 2.75) is 20.4 Å². The van der Waals surface area contributed by atoms with E-state index in [0.29, 0.717) is 46.2 Å². The third kappa shape index (κ3) is 3.20. The maximum absolute atomic E-state index is 12.2. The number of esters is 1. The SMILES string of the molecule is C=CCNCc1nc2sc(C(=O)OCC)c(C)c2c(=O)[nH]1. The molecule has 2 aromatic rings. The van der Waals surface area contributed by atoms with Gasteiger partial charge in [0.1, 0.15) is 15.5 Å². The molecule has 2 aromatic heterocycles. The van der Waals surface area contributed by atoms with E-state index in [9.17, 15) is 9.59 Å². The van der Waals surface area contributed by atoms with Gasteiger partial charge < -0.3 is 15.0 Å². The van der Waals surface area contributed by atoms with Gasteiger partial charge in [0.05, 0.1) is 18.5 Å². The van der Waals surface area contributed by atoms with E-state index in [1.165, 1.54) is 11.3 Å². The van der Waals surface area contributed by atoms with Gasteiger partial charge in [-0.05, 0) is 19.4 Å². The number of thiophene rings is 1. The van der Waals surface area contributed by atoms with Crippen LogP contribution in [-0.2, 0) is 11.3 Å². The van der Waals surface area contributed by atoms with Gasteiger partial charge in [0.2, 0.25) is 0 Å². The second-order valence-electron chi connectivity index (χ2n) is 4.39. The van der Waals surface area contributed by atoms with E-state index >= 15 is 0 Å². The van der Waals surface area contributed by atoms with Gasteiger partial charge in [-0.2, -0.15) is 0 Å². The Labute approximate surface area is 125 Å². The molecule has 0 radical (unpaired) electrons. The third-order valence-corrected chi connectivity index (χ3v) is 4.06. The summed E-state index contributed by atoms with van der Waals surface area (Å²) < 4.78 is 5.00. The fourth-order valence-electron chi connectivity index (χ4n) is 1.96. The highest BCUT2D eigenvalue weighted by Crippen LogP contribution is 2.27. The number of H-pyrrole nitrogens is 1. The molecule has 6 nitrogen and oxygen atoms in total. The van der Waals surface area contributed by atoms with Crippen LogP contribution in [0.15, 0.2) is 17.4 Å². The molecular weight excluding hydrogens is 290 g/mol. The zero-order chi connectivity index (χ0) is 15.4. The van der Waals surface area contributed by atoms with Gasteiger partial charge in [-0.15, -0.1) is 17.9 Å². The predicted molar refractivity (Wildman–Crippen MR) is 82.8 cm³/mol. The lowest BCUT2D eigenvalue weighted by Gasteiger charge is -2.01. The number of fused-ring (bicyclic) bond motifs is 1. The molecule has 112 valence electrons. The third-order valence-electron chi connectivity index (χ3n) is 2.89. The number of nitrogens with zero attached hydrogens (tertiary/aromatic N) is 1. The minimum atomic E-state index is -0.413. The summed E-state index contributed by atoms with van der Waals surface area (Å²) in [5.74, 6) is 0.120. The molecule has 0 aliphatic heterocycles. The zero-order valence-electron chi connectivity index (χ0n) is 12.0. The average molecular weight is 307 g/mol. The van der Waals surface area contributed by atoms with Crippen molar-refractivity contribution < 1.29 is 9.53 Å². The van der Waals surface area contributed by atoms with Crippen molar-refractivity contribution in [3.05, 3.63) is 39.3 Å². The second-order valence-corrected chi connectivity index (χ2v) is 5.39. The Morgan fingerprint density at radius 3 is 3.00 bits per heavy atom. The van der Waals surface area contributed by atoms with Gasteiger partial charge in [-0.1, -0.05) is 6.08 Å². The van der Waals surface area contributed by atoms with Crippen molar-refractivity contribution in [3.8, 4) is 0 Å². The quantitative estimate of drug-likeness (QED) is 0.482. The summed E-state index contributed by atoms with van der Waals surface area (Å²) in [4.78, 5) is 32.1. The number of hydrogen-bond donors (Lipinski definition) is 2. The number of carbonyl (C=O) groups is 1. The molecule has 0 unspecified atom stereocenters. The van der Waals surface area contributed by atoms with Gasteiger partial charge in [-0.25, -0.2) is 9.78 Å². The highest BCUT2D eigenvalue weighted by atomic mass is 32.1. The smallest absolute Gasteiger partial charge is 0.348 e. The second kappa shape index (κ2) is 6.64. The minimum Gasteiger partial charge on any atom is -0.462 e. The van der Waals surface area contributed by atoms with Gasteiger partial charge >= 0.3 is 5.97 Å². The van der Waals surface area contributed by atoms with Crippen LogP contribution in [0.3, 0.4) is 0 Å². The van der Waals surface area contributed by atoms with Crippen molar-refractivity contribution >= 4 is 27.5 Å². The van der Waals surface area contributed by atoms with Crippen LogP contribution in [0.4, 0.5) is 0 Å². The summed E-state index contributed by atoms with van der Waals surface area (Å²) in [5, 5.41) is 3.52. The number of ether oxygens (including phenoxy) is 1. The van der Waals surface area contributed by atoms with Crippen LogP contribution in [0.2, 0.25) is 0 Å². The lowest BCUT2D eigenvalue weighted by molar-refractivity contribution is 0.0531. The molecule has 0 aliphatic carbocycles. The Bertz CT molecular complexity index is 733. The Kier molecular flexibility index (Phi) is 4.87. The number of nitrogens with one attached hydrogen (secondary N) is 2. The van der Waals surface area contributed by atoms with E-state index in [4.69, 9.17) is 4.74 Å². The van der Waals surface area contributed by atoms with Crippen molar-refractivity contribution in [1.82, 2.24) is 15.3 Å². The topological polar surface area (TPSA) is 84.1 Å². The molecule has 2 rings (SSSR count). The molecule has 0 aliphatic rings. The van der Waals surface area contributed by atoms with Crippen LogP contribution >= 0.6 is 11.3 Å². The van der Waals surface area contributed by atoms with E-state index in [0.717, 1.165) is 0 Å². The van der Waals surface area contributed by atoms with Gasteiger partial charge in [-0.3, -0.25) is 4.79 Å². The molecule has 7 heteroatoms. The number of rotatable bonds is 6. The molecule has 2 heterocycles. The summed E-state index contributed by atoms with van der Waals surface area (Å²) in [5.41, 5.74) is 0.382. The van der Waals surface area contributed by atoms with Crippen molar-refractivity contribution in [1.29, 1.82) is 0 Å².